The van der Waals surface area contributed by atoms with Crippen LogP contribution < -0.4 is 0 Å². The van der Waals surface area contributed by atoms with Gasteiger partial charge in [0, 0.05) is 5.02 Å². The molecule has 0 saturated carbocycles. The third-order valence-electron chi connectivity index (χ3n) is 4.63. The van der Waals surface area contributed by atoms with Crippen LogP contribution in [0.1, 0.15) is 31.7 Å². The van der Waals surface area contributed by atoms with Gasteiger partial charge in [-0.25, -0.2) is 4.79 Å². The van der Waals surface area contributed by atoms with Crippen molar-refractivity contribution >= 4 is 17.6 Å². The quantitative estimate of drug-likeness (QED) is 0.536. The molecule has 1 fully saturated rings. The smallest absolute Gasteiger partial charge is 0.361 e. The number of nitrogens with zero attached hydrogens (tertiary/aromatic N) is 1. The first-order valence-electron chi connectivity index (χ1n) is 9.04. The molecule has 1 atom stereocenters. The van der Waals surface area contributed by atoms with Crippen molar-refractivity contribution < 1.29 is 23.9 Å². The molecule has 25 heavy (non-hydrogen) atoms. The Morgan fingerprint density at radius 2 is 1.92 bits per heavy atom. The zero-order chi connectivity index (χ0) is 18.1. The minimum atomic E-state index is -0.597. The predicted octanol–water partition coefficient (Wildman–Crippen LogP) is 2.78. The Labute approximate surface area is 155 Å². The van der Waals surface area contributed by atoms with Crippen LogP contribution >= 0.6 is 11.6 Å². The lowest BCUT2D eigenvalue weighted by atomic mass is 10.1. The highest BCUT2D eigenvalue weighted by molar-refractivity contribution is 6.30. The number of rotatable bonds is 9. The van der Waals surface area contributed by atoms with Gasteiger partial charge in [-0.1, -0.05) is 23.7 Å². The summed E-state index contributed by atoms with van der Waals surface area (Å²) in [6.45, 7) is 5.59. The van der Waals surface area contributed by atoms with Crippen molar-refractivity contribution in [1.29, 1.82) is 0 Å². The number of hydrogen-bond acceptors (Lipinski definition) is 4. The van der Waals surface area contributed by atoms with Gasteiger partial charge in [-0.2, -0.15) is 0 Å². The molecule has 6 heteroatoms. The summed E-state index contributed by atoms with van der Waals surface area (Å²) < 4.78 is 11.4. The van der Waals surface area contributed by atoms with Crippen LogP contribution in [0.25, 0.3) is 0 Å². The third-order valence-corrected chi connectivity index (χ3v) is 4.88. The fourth-order valence-electron chi connectivity index (χ4n) is 3.46. The zero-order valence-electron chi connectivity index (χ0n) is 15.0. The van der Waals surface area contributed by atoms with Crippen LogP contribution in [0, 0.1) is 0 Å². The molecule has 0 unspecified atom stereocenters. The summed E-state index contributed by atoms with van der Waals surface area (Å²) in [6, 6.07) is 7.47. The fraction of sp³-hybridized carbons (Fsp3) is 0.632. The molecule has 1 aliphatic heterocycles. The molecule has 0 aromatic heterocycles. The molecule has 1 heterocycles. The van der Waals surface area contributed by atoms with E-state index < -0.39 is 6.10 Å². The lowest BCUT2D eigenvalue weighted by Gasteiger charge is -2.41. The van der Waals surface area contributed by atoms with E-state index in [1.807, 2.05) is 31.2 Å². The second-order valence-corrected chi connectivity index (χ2v) is 7.23. The number of carbonyl (C=O) groups excluding carboxylic acids is 1. The Bertz CT molecular complexity index is 529. The van der Waals surface area contributed by atoms with Gasteiger partial charge in [-0.3, -0.25) is 0 Å². The number of carbonyl (C=O) groups is 1. The highest BCUT2D eigenvalue weighted by Crippen LogP contribution is 2.20. The zero-order valence-corrected chi connectivity index (χ0v) is 15.7. The molecule has 1 N–H and O–H groups in total. The number of likely N-dealkylation sites (tertiary alicyclic amines) is 1. The van der Waals surface area contributed by atoms with Crippen LogP contribution in [0.15, 0.2) is 24.3 Å². The first-order chi connectivity index (χ1) is 12.0. The minimum Gasteiger partial charge on any atom is -0.462 e. The highest BCUT2D eigenvalue weighted by atomic mass is 35.5. The summed E-state index contributed by atoms with van der Waals surface area (Å²) in [4.78, 5) is 12.0. The summed E-state index contributed by atoms with van der Waals surface area (Å²) >= 11 is 5.86. The van der Waals surface area contributed by atoms with Gasteiger partial charge < -0.3 is 19.1 Å². The largest absolute Gasteiger partial charge is 0.462 e. The van der Waals surface area contributed by atoms with Crippen LogP contribution in [-0.2, 0) is 20.9 Å². The predicted molar refractivity (Wildman–Crippen MR) is 97.3 cm³/mol. The second-order valence-electron chi connectivity index (χ2n) is 6.79. The molecule has 2 rings (SSSR count). The van der Waals surface area contributed by atoms with E-state index in [0.717, 1.165) is 31.5 Å². The van der Waals surface area contributed by atoms with Crippen LogP contribution in [-0.4, -0.2) is 61.1 Å². The number of quaternary nitrogens is 1. The van der Waals surface area contributed by atoms with E-state index in [1.54, 1.807) is 0 Å². The molecule has 0 aliphatic carbocycles. The average Bonchev–Trinajstić information content (AvgIpc) is 2.57. The van der Waals surface area contributed by atoms with Gasteiger partial charge in [-0.05, 0) is 43.9 Å². The maximum Gasteiger partial charge on any atom is 0.361 e. The molecule has 0 amide bonds. The molecule has 140 valence electrons. The number of ether oxygens (including phenoxy) is 2. The number of aliphatic hydroxyl groups is 1. The molecule has 0 bridgehead atoms. The molecule has 1 saturated heterocycles. The molecule has 0 spiro atoms. The van der Waals surface area contributed by atoms with Crippen molar-refractivity contribution in [1.82, 2.24) is 0 Å². The van der Waals surface area contributed by atoms with Crippen molar-refractivity contribution in [2.24, 2.45) is 0 Å². The summed E-state index contributed by atoms with van der Waals surface area (Å²) in [7, 11) is 0. The normalized spacial score (nSPS) is 17.9. The summed E-state index contributed by atoms with van der Waals surface area (Å²) in [5, 5.41) is 11.1. The fourth-order valence-corrected chi connectivity index (χ4v) is 3.59. The van der Waals surface area contributed by atoms with Crippen LogP contribution in [0.3, 0.4) is 0 Å². The van der Waals surface area contributed by atoms with E-state index in [-0.39, 0.29) is 12.6 Å². The van der Waals surface area contributed by atoms with Crippen LogP contribution in [0.4, 0.5) is 0 Å². The van der Waals surface area contributed by atoms with E-state index >= 15 is 0 Å². The summed E-state index contributed by atoms with van der Waals surface area (Å²) in [5.74, 6) is -0.182. The first-order valence-corrected chi connectivity index (χ1v) is 9.42. The topological polar surface area (TPSA) is 55.8 Å². The van der Waals surface area contributed by atoms with Crippen molar-refractivity contribution in [2.45, 2.75) is 38.9 Å². The van der Waals surface area contributed by atoms with Gasteiger partial charge in [-0.15, -0.1) is 0 Å². The minimum absolute atomic E-state index is 0.182. The Kier molecular flexibility index (Phi) is 8.16. The van der Waals surface area contributed by atoms with Gasteiger partial charge in [0.05, 0.1) is 32.9 Å². The third kappa shape index (κ3) is 6.94. The van der Waals surface area contributed by atoms with Gasteiger partial charge in [0.15, 0.2) is 6.54 Å². The number of aliphatic hydroxyl groups excluding tert-OH is 1. The van der Waals surface area contributed by atoms with Crippen molar-refractivity contribution in [3.05, 3.63) is 34.9 Å². The lowest BCUT2D eigenvalue weighted by Crippen LogP contribution is -2.58. The van der Waals surface area contributed by atoms with Gasteiger partial charge >= 0.3 is 5.97 Å². The number of benzene rings is 1. The number of esters is 1. The Hall–Kier alpha value is -1.14. The van der Waals surface area contributed by atoms with Crippen molar-refractivity contribution in [3.8, 4) is 0 Å². The molecule has 1 aromatic carbocycles. The van der Waals surface area contributed by atoms with Crippen molar-refractivity contribution in [3.63, 3.8) is 0 Å². The molecule has 0 radical (unpaired) electrons. The molecular weight excluding hydrogens is 342 g/mol. The molecular formula is C19H29ClNO4+. The second kappa shape index (κ2) is 10.1. The van der Waals surface area contributed by atoms with E-state index in [4.69, 9.17) is 21.1 Å². The summed E-state index contributed by atoms with van der Waals surface area (Å²) in [5.41, 5.74) is 1.02. The number of piperidine rings is 1. The highest BCUT2D eigenvalue weighted by Gasteiger charge is 2.35. The molecule has 1 aliphatic rings. The first kappa shape index (κ1) is 20.2. The summed E-state index contributed by atoms with van der Waals surface area (Å²) in [6.07, 6.45) is 2.75. The van der Waals surface area contributed by atoms with Crippen molar-refractivity contribution in [2.75, 3.05) is 39.4 Å². The van der Waals surface area contributed by atoms with Crippen LogP contribution in [0.5, 0.6) is 0 Å². The number of halogens is 1. The Morgan fingerprint density at radius 1 is 1.24 bits per heavy atom. The Balaban J connectivity index is 1.82. The standard InChI is InChI=1S/C19H29ClNO4/c1-2-25-19(23)13-21(10-4-3-5-11-21)12-18(22)15-24-14-16-6-8-17(20)9-7-16/h6-9,18,22H,2-5,10-15H2,1H3/q+1/t18-/m1/s1. The number of hydrogen-bond donors (Lipinski definition) is 1. The van der Waals surface area contributed by atoms with E-state index in [1.165, 1.54) is 6.42 Å². The molecule has 1 aromatic rings. The average molecular weight is 371 g/mol. The maximum absolute atomic E-state index is 12.0. The lowest BCUT2D eigenvalue weighted by molar-refractivity contribution is -0.928. The van der Waals surface area contributed by atoms with Gasteiger partial charge in [0.1, 0.15) is 12.6 Å². The monoisotopic (exact) mass is 370 g/mol. The SMILES string of the molecule is CCOC(=O)C[N+]1(C[C@@H](O)COCc2ccc(Cl)cc2)CCCCC1. The van der Waals surface area contributed by atoms with E-state index in [2.05, 4.69) is 0 Å². The van der Waals surface area contributed by atoms with Crippen LogP contribution in [0.2, 0.25) is 5.02 Å². The van der Waals surface area contributed by atoms with E-state index in [0.29, 0.717) is 35.8 Å². The van der Waals surface area contributed by atoms with E-state index in [9.17, 15) is 9.90 Å². The van der Waals surface area contributed by atoms with Gasteiger partial charge in [0.25, 0.3) is 0 Å². The van der Waals surface area contributed by atoms with Gasteiger partial charge in [0.2, 0.25) is 0 Å². The Morgan fingerprint density at radius 3 is 2.56 bits per heavy atom. The molecule has 5 nitrogen and oxygen atoms in total. The maximum atomic E-state index is 12.0.